The smallest absolute Gasteiger partial charge is 0.227 e. The van der Waals surface area contributed by atoms with Gasteiger partial charge in [0.1, 0.15) is 0 Å². The van der Waals surface area contributed by atoms with E-state index >= 15 is 0 Å². The van der Waals surface area contributed by atoms with Gasteiger partial charge in [0.15, 0.2) is 0 Å². The Morgan fingerprint density at radius 2 is 2.28 bits per heavy atom. The van der Waals surface area contributed by atoms with Crippen molar-refractivity contribution in [3.63, 3.8) is 0 Å². The van der Waals surface area contributed by atoms with E-state index in [1.54, 1.807) is 11.3 Å². The third-order valence-electron chi connectivity index (χ3n) is 2.50. The van der Waals surface area contributed by atoms with Crippen molar-refractivity contribution in [1.29, 1.82) is 0 Å². The summed E-state index contributed by atoms with van der Waals surface area (Å²) in [6.07, 6.45) is 1.06. The third kappa shape index (κ3) is 5.60. The van der Waals surface area contributed by atoms with Gasteiger partial charge in [-0.25, -0.2) is 0 Å². The van der Waals surface area contributed by atoms with Gasteiger partial charge in [0.05, 0.1) is 11.4 Å². The van der Waals surface area contributed by atoms with Gasteiger partial charge in [-0.2, -0.15) is 11.3 Å². The maximum atomic E-state index is 12.2. The molecule has 0 bridgehead atoms. The van der Waals surface area contributed by atoms with E-state index in [-0.39, 0.29) is 5.91 Å². The lowest BCUT2D eigenvalue weighted by atomic mass is 10.1. The minimum atomic E-state index is 0.151. The minimum absolute atomic E-state index is 0.151. The number of nitrogens with two attached hydrogens (primary N) is 1. The zero-order valence-corrected chi connectivity index (χ0v) is 12.5. The lowest BCUT2D eigenvalue weighted by Gasteiger charge is -2.24. The zero-order chi connectivity index (χ0) is 13.5. The van der Waals surface area contributed by atoms with Crippen LogP contribution in [0.5, 0.6) is 0 Å². The van der Waals surface area contributed by atoms with Crippen molar-refractivity contribution in [1.82, 2.24) is 4.90 Å². The summed E-state index contributed by atoms with van der Waals surface area (Å²) >= 11 is 6.49. The molecule has 1 amide bonds. The summed E-state index contributed by atoms with van der Waals surface area (Å²) in [6.45, 7) is 5.58. The minimum Gasteiger partial charge on any atom is -0.393 e. The summed E-state index contributed by atoms with van der Waals surface area (Å²) in [4.78, 5) is 14.5. The summed E-state index contributed by atoms with van der Waals surface area (Å²) in [5.74, 6) is 0.598. The van der Waals surface area contributed by atoms with Crippen molar-refractivity contribution >= 4 is 34.5 Å². The Morgan fingerprint density at radius 3 is 2.78 bits per heavy atom. The summed E-state index contributed by atoms with van der Waals surface area (Å²) in [7, 11) is 0. The highest BCUT2D eigenvalue weighted by molar-refractivity contribution is 7.80. The van der Waals surface area contributed by atoms with E-state index in [0.717, 1.165) is 12.1 Å². The van der Waals surface area contributed by atoms with Crippen molar-refractivity contribution in [2.45, 2.75) is 26.7 Å². The largest absolute Gasteiger partial charge is 0.393 e. The fourth-order valence-electron chi connectivity index (χ4n) is 1.68. The molecule has 2 N–H and O–H groups in total. The van der Waals surface area contributed by atoms with Crippen LogP contribution < -0.4 is 5.73 Å². The maximum absolute atomic E-state index is 12.2. The first-order valence-electron chi connectivity index (χ1n) is 6.06. The molecule has 5 heteroatoms. The molecule has 0 aliphatic heterocycles. The first kappa shape index (κ1) is 15.1. The average Bonchev–Trinajstić information content (AvgIpc) is 2.76. The molecule has 1 heterocycles. The molecule has 18 heavy (non-hydrogen) atoms. The van der Waals surface area contributed by atoms with Gasteiger partial charge < -0.3 is 10.6 Å². The Hall–Kier alpha value is -0.940. The predicted octanol–water partition coefficient (Wildman–Crippen LogP) is 2.45. The molecule has 0 aliphatic rings. The normalized spacial score (nSPS) is 10.6. The topological polar surface area (TPSA) is 46.3 Å². The van der Waals surface area contributed by atoms with Crippen molar-refractivity contribution < 1.29 is 4.79 Å². The van der Waals surface area contributed by atoms with Crippen LogP contribution in [0.15, 0.2) is 16.8 Å². The van der Waals surface area contributed by atoms with E-state index in [4.69, 9.17) is 18.0 Å². The summed E-state index contributed by atoms with van der Waals surface area (Å²) in [6, 6.07) is 1.99. The molecule has 100 valence electrons. The van der Waals surface area contributed by atoms with E-state index in [0.29, 0.717) is 30.3 Å². The molecule has 0 saturated carbocycles. The number of carbonyl (C=O) groups is 1. The Kier molecular flexibility index (Phi) is 6.29. The van der Waals surface area contributed by atoms with Crippen molar-refractivity contribution in [2.24, 2.45) is 11.7 Å². The number of hydrogen-bond donors (Lipinski definition) is 1. The van der Waals surface area contributed by atoms with Gasteiger partial charge in [-0.15, -0.1) is 0 Å². The number of hydrogen-bond acceptors (Lipinski definition) is 3. The second-order valence-corrected chi connectivity index (χ2v) is 6.06. The van der Waals surface area contributed by atoms with Crippen LogP contribution >= 0.6 is 23.6 Å². The molecule has 3 nitrogen and oxygen atoms in total. The van der Waals surface area contributed by atoms with Crippen molar-refractivity contribution in [3.05, 3.63) is 22.4 Å². The number of amides is 1. The molecule has 0 aliphatic carbocycles. The van der Waals surface area contributed by atoms with Crippen LogP contribution in [-0.2, 0) is 11.2 Å². The monoisotopic (exact) mass is 284 g/mol. The number of nitrogens with zero attached hydrogens (tertiary/aromatic N) is 1. The van der Waals surface area contributed by atoms with Gasteiger partial charge in [-0.1, -0.05) is 26.1 Å². The second kappa shape index (κ2) is 7.48. The van der Waals surface area contributed by atoms with Gasteiger partial charge in [-0.05, 0) is 28.3 Å². The molecule has 0 spiro atoms. The lowest BCUT2D eigenvalue weighted by Crippen LogP contribution is -2.37. The molecule has 1 rings (SSSR count). The van der Waals surface area contributed by atoms with Gasteiger partial charge in [0.2, 0.25) is 5.91 Å². The van der Waals surface area contributed by atoms with Crippen LogP contribution in [0, 0.1) is 5.92 Å². The molecule has 0 unspecified atom stereocenters. The van der Waals surface area contributed by atoms with Crippen LogP contribution in [0.2, 0.25) is 0 Å². The van der Waals surface area contributed by atoms with Crippen molar-refractivity contribution in [2.75, 3.05) is 13.1 Å². The number of thiocarbonyl (C=S) groups is 1. The van der Waals surface area contributed by atoms with Gasteiger partial charge >= 0.3 is 0 Å². The zero-order valence-electron chi connectivity index (χ0n) is 10.9. The lowest BCUT2D eigenvalue weighted by molar-refractivity contribution is -0.130. The van der Waals surface area contributed by atoms with Gasteiger partial charge in [-0.3, -0.25) is 4.79 Å². The predicted molar refractivity (Wildman–Crippen MR) is 80.8 cm³/mol. The molecular formula is C13H20N2OS2. The van der Waals surface area contributed by atoms with Crippen LogP contribution in [0.25, 0.3) is 0 Å². The molecule has 1 aromatic rings. The van der Waals surface area contributed by atoms with E-state index in [1.165, 1.54) is 0 Å². The first-order chi connectivity index (χ1) is 8.49. The van der Waals surface area contributed by atoms with Crippen LogP contribution in [-0.4, -0.2) is 28.9 Å². The fourth-order valence-corrected chi connectivity index (χ4v) is 2.44. The van der Waals surface area contributed by atoms with E-state index < -0.39 is 0 Å². The summed E-state index contributed by atoms with van der Waals surface area (Å²) in [5.41, 5.74) is 6.58. The number of rotatable bonds is 7. The van der Waals surface area contributed by atoms with Crippen LogP contribution in [0.4, 0.5) is 0 Å². The Balaban J connectivity index is 2.57. The van der Waals surface area contributed by atoms with Crippen molar-refractivity contribution in [3.8, 4) is 0 Å². The highest BCUT2D eigenvalue weighted by Gasteiger charge is 2.15. The van der Waals surface area contributed by atoms with E-state index in [1.807, 2.05) is 21.7 Å². The Labute approximate surface area is 118 Å². The number of thiophene rings is 1. The molecule has 1 aromatic heterocycles. The van der Waals surface area contributed by atoms with Gasteiger partial charge in [0, 0.05) is 19.5 Å². The van der Waals surface area contributed by atoms with E-state index in [2.05, 4.69) is 13.8 Å². The first-order valence-corrected chi connectivity index (χ1v) is 7.41. The summed E-state index contributed by atoms with van der Waals surface area (Å²) in [5, 5.41) is 4.00. The molecule has 0 atom stereocenters. The van der Waals surface area contributed by atoms with Crippen LogP contribution in [0.3, 0.4) is 0 Å². The Bertz CT molecular complexity index is 388. The quantitative estimate of drug-likeness (QED) is 0.782. The van der Waals surface area contributed by atoms with Gasteiger partial charge in [0.25, 0.3) is 0 Å². The SMILES string of the molecule is CC(C)CN(CCC(N)=S)C(=O)Cc1ccsc1. The molecule has 0 aromatic carbocycles. The molecule has 0 radical (unpaired) electrons. The highest BCUT2D eigenvalue weighted by atomic mass is 32.1. The van der Waals surface area contributed by atoms with E-state index in [9.17, 15) is 4.79 Å². The molecule has 0 fully saturated rings. The fraction of sp³-hybridized carbons (Fsp3) is 0.538. The summed E-state index contributed by atoms with van der Waals surface area (Å²) < 4.78 is 0. The second-order valence-electron chi connectivity index (χ2n) is 4.76. The molecular weight excluding hydrogens is 264 g/mol. The highest BCUT2D eigenvalue weighted by Crippen LogP contribution is 2.10. The standard InChI is InChI=1S/C13H20N2OS2/c1-10(2)8-15(5-3-12(14)17)13(16)7-11-4-6-18-9-11/h4,6,9-10H,3,5,7-8H2,1-2H3,(H2,14,17). The average molecular weight is 284 g/mol. The Morgan fingerprint density at radius 1 is 1.56 bits per heavy atom. The molecule has 0 saturated heterocycles. The number of carbonyl (C=O) groups excluding carboxylic acids is 1. The van der Waals surface area contributed by atoms with Crippen LogP contribution in [0.1, 0.15) is 25.8 Å². The third-order valence-corrected chi connectivity index (χ3v) is 3.44. The maximum Gasteiger partial charge on any atom is 0.227 e.